The van der Waals surface area contributed by atoms with Crippen molar-refractivity contribution in [1.82, 2.24) is 19.1 Å². The highest BCUT2D eigenvalue weighted by Gasteiger charge is 2.38. The second kappa shape index (κ2) is 11.0. The first kappa shape index (κ1) is 24.3. The Balaban J connectivity index is 1.45. The fourth-order valence-corrected chi connectivity index (χ4v) is 7.02. The molecule has 1 N–H and O–H groups in total. The lowest BCUT2D eigenvalue weighted by atomic mass is 10.1. The van der Waals surface area contributed by atoms with Crippen molar-refractivity contribution >= 4 is 27.5 Å². The van der Waals surface area contributed by atoms with Gasteiger partial charge in [0.25, 0.3) is 0 Å². The molecule has 0 radical (unpaired) electrons. The Bertz CT molecular complexity index is 1050. The summed E-state index contributed by atoms with van der Waals surface area (Å²) in [5, 5.41) is 3.01. The summed E-state index contributed by atoms with van der Waals surface area (Å²) in [6, 6.07) is 10.1. The van der Waals surface area contributed by atoms with Crippen molar-refractivity contribution in [3.05, 3.63) is 53.9 Å². The maximum absolute atomic E-state index is 13.6. The first-order chi connectivity index (χ1) is 16.0. The highest BCUT2D eigenvalue weighted by atomic mass is 35.5. The van der Waals surface area contributed by atoms with Crippen molar-refractivity contribution in [2.45, 2.75) is 55.5 Å². The molecule has 2 aromatic rings. The molecule has 1 aromatic heterocycles. The molecule has 0 spiro atoms. The largest absolute Gasteiger partial charge is 0.356 e. The number of nitrogens with zero attached hydrogens (tertiary/aromatic N) is 3. The number of rotatable bonds is 9. The zero-order valence-electron chi connectivity index (χ0n) is 19.0. The molecule has 0 bridgehead atoms. The highest BCUT2D eigenvalue weighted by Crippen LogP contribution is 2.35. The van der Waals surface area contributed by atoms with Gasteiger partial charge in [-0.2, -0.15) is 4.31 Å². The summed E-state index contributed by atoms with van der Waals surface area (Å²) < 4.78 is 30.8. The number of piperidine rings is 1. The van der Waals surface area contributed by atoms with Crippen LogP contribution in [0.25, 0.3) is 0 Å². The van der Waals surface area contributed by atoms with Crippen LogP contribution in [0.4, 0.5) is 0 Å². The highest BCUT2D eigenvalue weighted by molar-refractivity contribution is 7.89. The molecule has 4 rings (SSSR count). The number of nitrogens with one attached hydrogen (secondary N) is 1. The van der Waals surface area contributed by atoms with Crippen LogP contribution in [0.15, 0.2) is 47.5 Å². The third-order valence-corrected chi connectivity index (χ3v) is 8.92. The van der Waals surface area contributed by atoms with Gasteiger partial charge in [-0.15, -0.1) is 11.6 Å². The average molecular weight is 493 g/mol. The molecule has 1 amide bonds. The van der Waals surface area contributed by atoms with E-state index in [1.165, 1.54) is 23.6 Å². The van der Waals surface area contributed by atoms with E-state index in [9.17, 15) is 13.2 Å². The van der Waals surface area contributed by atoms with Crippen molar-refractivity contribution in [1.29, 1.82) is 0 Å². The molecular weight excluding hydrogens is 460 g/mol. The van der Waals surface area contributed by atoms with Crippen LogP contribution in [0.5, 0.6) is 0 Å². The van der Waals surface area contributed by atoms with E-state index in [2.05, 4.69) is 10.2 Å². The monoisotopic (exact) mass is 492 g/mol. The van der Waals surface area contributed by atoms with Gasteiger partial charge in [0.2, 0.25) is 15.9 Å². The summed E-state index contributed by atoms with van der Waals surface area (Å²) in [4.78, 5) is 15.5. The first-order valence-corrected chi connectivity index (χ1v) is 13.8. The van der Waals surface area contributed by atoms with Crippen LogP contribution >= 0.6 is 11.6 Å². The fraction of sp³-hybridized carbons (Fsp3) is 0.542. The number of sulfonamides is 1. The van der Waals surface area contributed by atoms with Gasteiger partial charge in [0, 0.05) is 43.8 Å². The summed E-state index contributed by atoms with van der Waals surface area (Å²) in [7, 11) is -3.81. The van der Waals surface area contributed by atoms with E-state index < -0.39 is 16.1 Å². The Kier molecular flexibility index (Phi) is 8.11. The Morgan fingerprint density at radius 2 is 1.82 bits per heavy atom. The lowest BCUT2D eigenvalue weighted by molar-refractivity contribution is -0.122. The van der Waals surface area contributed by atoms with E-state index in [4.69, 9.17) is 11.6 Å². The maximum atomic E-state index is 13.6. The van der Waals surface area contributed by atoms with Crippen molar-refractivity contribution in [2.75, 3.05) is 32.7 Å². The number of fused-ring (bicyclic) bond motifs is 1. The predicted molar refractivity (Wildman–Crippen MR) is 130 cm³/mol. The number of hydrogen-bond donors (Lipinski definition) is 1. The molecule has 2 aliphatic rings. The first-order valence-electron chi connectivity index (χ1n) is 11.8. The van der Waals surface area contributed by atoms with Crippen LogP contribution in [0.3, 0.4) is 0 Å². The van der Waals surface area contributed by atoms with Crippen LogP contribution in [-0.4, -0.2) is 60.8 Å². The van der Waals surface area contributed by atoms with Crippen LogP contribution in [0.1, 0.15) is 49.4 Å². The second-order valence-corrected chi connectivity index (χ2v) is 10.9. The molecule has 1 atom stereocenters. The normalized spacial score (nSPS) is 19.8. The number of carbonyl (C=O) groups excluding carboxylic acids is 1. The zero-order valence-corrected chi connectivity index (χ0v) is 20.5. The van der Waals surface area contributed by atoms with Gasteiger partial charge < -0.3 is 14.8 Å². The minimum absolute atomic E-state index is 0.0933. The average Bonchev–Trinajstić information content (AvgIpc) is 3.32. The van der Waals surface area contributed by atoms with Gasteiger partial charge in [0.05, 0.1) is 10.9 Å². The number of carbonyl (C=O) groups is 1. The Morgan fingerprint density at radius 1 is 1.03 bits per heavy atom. The molecule has 3 heterocycles. The molecule has 1 unspecified atom stereocenters. The van der Waals surface area contributed by atoms with Crippen LogP contribution in [0, 0.1) is 0 Å². The lowest BCUT2D eigenvalue weighted by Crippen LogP contribution is -2.44. The third kappa shape index (κ3) is 5.62. The molecule has 33 heavy (non-hydrogen) atoms. The standard InChI is InChI=1S/C24H33ClN4O3S/c25-19-20-8-2-3-10-23(20)33(31,32)29-17-16-28-15-6-9-21(28)22(29)18-24(30)26-11-7-14-27-12-4-1-5-13-27/h2-3,6,8-10,15,22H,1,4-5,7,11-14,16-19H2,(H,26,30). The van der Waals surface area contributed by atoms with E-state index in [-0.39, 0.29) is 23.1 Å². The van der Waals surface area contributed by atoms with Gasteiger partial charge >= 0.3 is 0 Å². The van der Waals surface area contributed by atoms with Crippen molar-refractivity contribution < 1.29 is 13.2 Å². The molecule has 9 heteroatoms. The Morgan fingerprint density at radius 3 is 2.61 bits per heavy atom. The second-order valence-electron chi connectivity index (χ2n) is 8.81. The zero-order chi connectivity index (χ0) is 23.3. The summed E-state index contributed by atoms with van der Waals surface area (Å²) >= 11 is 6.03. The smallest absolute Gasteiger partial charge is 0.244 e. The maximum Gasteiger partial charge on any atom is 0.244 e. The summed E-state index contributed by atoms with van der Waals surface area (Å²) in [6.45, 7) is 4.74. The van der Waals surface area contributed by atoms with Crippen molar-refractivity contribution in [2.24, 2.45) is 0 Å². The van der Waals surface area contributed by atoms with Gasteiger partial charge in [0.1, 0.15) is 0 Å². The molecule has 7 nitrogen and oxygen atoms in total. The van der Waals surface area contributed by atoms with Crippen molar-refractivity contribution in [3.63, 3.8) is 0 Å². The molecule has 2 aliphatic heterocycles. The van der Waals surface area contributed by atoms with E-state index >= 15 is 0 Å². The number of likely N-dealkylation sites (tertiary alicyclic amines) is 1. The Hall–Kier alpha value is -1.87. The SMILES string of the molecule is O=C(CC1c2cccn2CCN1S(=O)(=O)c1ccccc1CCl)NCCCN1CCCCC1. The minimum Gasteiger partial charge on any atom is -0.356 e. The minimum atomic E-state index is -3.81. The number of aromatic nitrogens is 1. The number of halogens is 1. The van der Waals surface area contributed by atoms with E-state index in [1.54, 1.807) is 24.3 Å². The number of alkyl halides is 1. The van der Waals surface area contributed by atoms with Crippen molar-refractivity contribution in [3.8, 4) is 0 Å². The van der Waals surface area contributed by atoms with Gasteiger partial charge in [0.15, 0.2) is 0 Å². The topological polar surface area (TPSA) is 74.6 Å². The summed E-state index contributed by atoms with van der Waals surface area (Å²) in [6.07, 6.45) is 6.75. The molecule has 180 valence electrons. The van der Waals surface area contributed by atoms with Gasteiger partial charge in [-0.05, 0) is 62.7 Å². The Labute approximate surface area is 201 Å². The summed E-state index contributed by atoms with van der Waals surface area (Å²) in [5.74, 6) is -0.0129. The third-order valence-electron chi connectivity index (χ3n) is 6.62. The van der Waals surface area contributed by atoms with E-state index in [0.29, 0.717) is 25.2 Å². The summed E-state index contributed by atoms with van der Waals surface area (Å²) in [5.41, 5.74) is 1.41. The van der Waals surface area contributed by atoms with Gasteiger partial charge in [-0.1, -0.05) is 24.6 Å². The lowest BCUT2D eigenvalue weighted by Gasteiger charge is -2.36. The molecule has 1 fully saturated rings. The molecule has 1 aromatic carbocycles. The molecule has 0 aliphatic carbocycles. The van der Waals surface area contributed by atoms with Gasteiger partial charge in [-0.25, -0.2) is 8.42 Å². The predicted octanol–water partition coefficient (Wildman–Crippen LogP) is 3.35. The molecule has 1 saturated heterocycles. The van der Waals surface area contributed by atoms with E-state index in [1.807, 2.05) is 22.9 Å². The van der Waals surface area contributed by atoms with Crippen LogP contribution < -0.4 is 5.32 Å². The van der Waals surface area contributed by atoms with Crippen LogP contribution in [0.2, 0.25) is 0 Å². The van der Waals surface area contributed by atoms with E-state index in [0.717, 1.165) is 31.7 Å². The van der Waals surface area contributed by atoms with Crippen LogP contribution in [-0.2, 0) is 27.2 Å². The number of hydrogen-bond acceptors (Lipinski definition) is 4. The quantitative estimate of drug-likeness (QED) is 0.430. The number of benzene rings is 1. The fourth-order valence-electron chi connectivity index (χ4n) is 4.89. The number of amides is 1. The molecular formula is C24H33ClN4O3S. The molecule has 0 saturated carbocycles. The van der Waals surface area contributed by atoms with Gasteiger partial charge in [-0.3, -0.25) is 4.79 Å².